The molecule has 0 aliphatic heterocycles. The average Bonchev–Trinajstić information content (AvgIpc) is 2.47. The average molecular weight is 325 g/mol. The SMILES string of the molecule is CC(=O)c1ccccc1OCCOc1ccc(Cl)c(Cl)c1. The molecular weight excluding hydrogens is 311 g/mol. The summed E-state index contributed by atoms with van der Waals surface area (Å²) in [5.41, 5.74) is 0.562. The predicted molar refractivity (Wildman–Crippen MR) is 83.9 cm³/mol. The van der Waals surface area contributed by atoms with Crippen LogP contribution < -0.4 is 9.47 Å². The monoisotopic (exact) mass is 324 g/mol. The van der Waals surface area contributed by atoms with Gasteiger partial charge in [-0.1, -0.05) is 35.3 Å². The van der Waals surface area contributed by atoms with Gasteiger partial charge in [0.05, 0.1) is 15.6 Å². The number of rotatable bonds is 6. The van der Waals surface area contributed by atoms with E-state index in [0.717, 1.165) is 0 Å². The quantitative estimate of drug-likeness (QED) is 0.573. The van der Waals surface area contributed by atoms with Gasteiger partial charge in [0.1, 0.15) is 24.7 Å². The van der Waals surface area contributed by atoms with Crippen molar-refractivity contribution < 1.29 is 14.3 Å². The minimum Gasteiger partial charge on any atom is -0.490 e. The van der Waals surface area contributed by atoms with Crippen LogP contribution in [0.15, 0.2) is 42.5 Å². The zero-order valence-corrected chi connectivity index (χ0v) is 12.9. The molecule has 2 aromatic rings. The van der Waals surface area contributed by atoms with Crippen molar-refractivity contribution in [2.75, 3.05) is 13.2 Å². The fraction of sp³-hybridized carbons (Fsp3) is 0.188. The summed E-state index contributed by atoms with van der Waals surface area (Å²) in [7, 11) is 0. The summed E-state index contributed by atoms with van der Waals surface area (Å²) in [5, 5.41) is 0.924. The Morgan fingerprint density at radius 2 is 1.71 bits per heavy atom. The van der Waals surface area contributed by atoms with Crippen LogP contribution >= 0.6 is 23.2 Å². The summed E-state index contributed by atoms with van der Waals surface area (Å²) < 4.78 is 11.1. The number of Topliss-reactive ketones (excluding diaryl/α,β-unsaturated/α-hetero) is 1. The normalized spacial score (nSPS) is 10.2. The third kappa shape index (κ3) is 4.38. The molecule has 110 valence electrons. The van der Waals surface area contributed by atoms with Crippen LogP contribution in [-0.2, 0) is 0 Å². The van der Waals surface area contributed by atoms with E-state index in [1.165, 1.54) is 6.92 Å². The number of para-hydroxylation sites is 1. The van der Waals surface area contributed by atoms with E-state index in [1.807, 2.05) is 6.07 Å². The van der Waals surface area contributed by atoms with Gasteiger partial charge in [-0.25, -0.2) is 0 Å². The molecule has 0 saturated carbocycles. The van der Waals surface area contributed by atoms with E-state index in [9.17, 15) is 4.79 Å². The van der Waals surface area contributed by atoms with Gasteiger partial charge in [-0.05, 0) is 31.2 Å². The van der Waals surface area contributed by atoms with Gasteiger partial charge in [0.15, 0.2) is 5.78 Å². The Balaban J connectivity index is 1.87. The number of hydrogen-bond acceptors (Lipinski definition) is 3. The van der Waals surface area contributed by atoms with E-state index in [-0.39, 0.29) is 5.78 Å². The molecular formula is C16H14Cl2O3. The van der Waals surface area contributed by atoms with E-state index in [4.69, 9.17) is 32.7 Å². The number of hydrogen-bond donors (Lipinski definition) is 0. The van der Waals surface area contributed by atoms with Gasteiger partial charge < -0.3 is 9.47 Å². The Morgan fingerprint density at radius 3 is 2.43 bits per heavy atom. The maximum Gasteiger partial charge on any atom is 0.163 e. The number of ketones is 1. The Kier molecular flexibility index (Phi) is 5.48. The lowest BCUT2D eigenvalue weighted by molar-refractivity contribution is 0.101. The fourth-order valence-electron chi connectivity index (χ4n) is 1.76. The van der Waals surface area contributed by atoms with E-state index in [2.05, 4.69) is 0 Å². The number of halogens is 2. The summed E-state index contributed by atoms with van der Waals surface area (Å²) in [5.74, 6) is 1.14. The summed E-state index contributed by atoms with van der Waals surface area (Å²) in [6, 6.07) is 12.2. The van der Waals surface area contributed by atoms with E-state index < -0.39 is 0 Å². The molecule has 0 aliphatic rings. The highest BCUT2D eigenvalue weighted by atomic mass is 35.5. The Morgan fingerprint density at radius 1 is 1.00 bits per heavy atom. The Hall–Kier alpha value is -1.71. The standard InChI is InChI=1S/C16H14Cl2O3/c1-11(19)13-4-2-3-5-16(13)21-9-8-20-12-6-7-14(17)15(18)10-12/h2-7,10H,8-9H2,1H3. The summed E-state index contributed by atoms with van der Waals surface area (Å²) in [6.45, 7) is 2.17. The van der Waals surface area contributed by atoms with Crippen molar-refractivity contribution in [2.24, 2.45) is 0 Å². The first-order chi connectivity index (χ1) is 10.1. The molecule has 21 heavy (non-hydrogen) atoms. The van der Waals surface area contributed by atoms with Gasteiger partial charge >= 0.3 is 0 Å². The lowest BCUT2D eigenvalue weighted by Crippen LogP contribution is -2.10. The molecule has 0 radical (unpaired) electrons. The minimum absolute atomic E-state index is 0.0315. The van der Waals surface area contributed by atoms with Crippen LogP contribution in [0.4, 0.5) is 0 Å². The number of benzene rings is 2. The molecule has 0 atom stereocenters. The van der Waals surface area contributed by atoms with Crippen molar-refractivity contribution in [1.29, 1.82) is 0 Å². The summed E-state index contributed by atoms with van der Waals surface area (Å²) >= 11 is 11.7. The van der Waals surface area contributed by atoms with Crippen LogP contribution in [0.1, 0.15) is 17.3 Å². The first-order valence-corrected chi connectivity index (χ1v) is 7.14. The maximum absolute atomic E-state index is 11.5. The molecule has 2 aromatic carbocycles. The predicted octanol–water partition coefficient (Wildman–Crippen LogP) is 4.65. The van der Waals surface area contributed by atoms with Crippen LogP contribution in [0.3, 0.4) is 0 Å². The molecule has 0 unspecified atom stereocenters. The zero-order chi connectivity index (χ0) is 15.2. The van der Waals surface area contributed by atoms with Crippen molar-refractivity contribution in [3.8, 4) is 11.5 Å². The molecule has 0 amide bonds. The number of carbonyl (C=O) groups excluding carboxylic acids is 1. The largest absolute Gasteiger partial charge is 0.490 e. The number of carbonyl (C=O) groups is 1. The molecule has 0 aromatic heterocycles. The second-order valence-electron chi connectivity index (χ2n) is 4.33. The smallest absolute Gasteiger partial charge is 0.163 e. The molecule has 0 saturated heterocycles. The molecule has 2 rings (SSSR count). The second-order valence-corrected chi connectivity index (χ2v) is 5.14. The Bertz CT molecular complexity index is 641. The maximum atomic E-state index is 11.5. The van der Waals surface area contributed by atoms with Crippen molar-refractivity contribution in [2.45, 2.75) is 6.92 Å². The van der Waals surface area contributed by atoms with Gasteiger partial charge in [-0.15, -0.1) is 0 Å². The van der Waals surface area contributed by atoms with Crippen LogP contribution in [0.25, 0.3) is 0 Å². The van der Waals surface area contributed by atoms with Gasteiger partial charge in [-0.2, -0.15) is 0 Å². The zero-order valence-electron chi connectivity index (χ0n) is 11.4. The van der Waals surface area contributed by atoms with Crippen molar-refractivity contribution in [1.82, 2.24) is 0 Å². The third-order valence-corrected chi connectivity index (χ3v) is 3.51. The first kappa shape index (κ1) is 15.7. The highest BCUT2D eigenvalue weighted by molar-refractivity contribution is 6.42. The van der Waals surface area contributed by atoms with Crippen LogP contribution in [0.2, 0.25) is 10.0 Å². The van der Waals surface area contributed by atoms with Crippen LogP contribution in [-0.4, -0.2) is 19.0 Å². The van der Waals surface area contributed by atoms with E-state index >= 15 is 0 Å². The topological polar surface area (TPSA) is 35.5 Å². The van der Waals surface area contributed by atoms with Crippen LogP contribution in [0, 0.1) is 0 Å². The van der Waals surface area contributed by atoms with Gasteiger partial charge in [0.2, 0.25) is 0 Å². The molecule has 0 bridgehead atoms. The van der Waals surface area contributed by atoms with Gasteiger partial charge in [-0.3, -0.25) is 4.79 Å². The molecule has 5 heteroatoms. The molecule has 0 N–H and O–H groups in total. The lowest BCUT2D eigenvalue weighted by Gasteiger charge is -2.11. The van der Waals surface area contributed by atoms with Crippen LogP contribution in [0.5, 0.6) is 11.5 Å². The fourth-order valence-corrected chi connectivity index (χ4v) is 2.05. The van der Waals surface area contributed by atoms with Crippen molar-refractivity contribution >= 4 is 29.0 Å². The molecule has 0 aliphatic carbocycles. The molecule has 0 fully saturated rings. The highest BCUT2D eigenvalue weighted by Gasteiger charge is 2.07. The third-order valence-electron chi connectivity index (χ3n) is 2.77. The Labute approximate surface area is 133 Å². The van der Waals surface area contributed by atoms with Gasteiger partial charge in [0, 0.05) is 6.07 Å². The molecule has 0 heterocycles. The molecule has 3 nitrogen and oxygen atoms in total. The highest BCUT2D eigenvalue weighted by Crippen LogP contribution is 2.26. The molecule has 0 spiro atoms. The van der Waals surface area contributed by atoms with E-state index in [0.29, 0.717) is 40.3 Å². The second kappa shape index (κ2) is 7.34. The first-order valence-electron chi connectivity index (χ1n) is 6.38. The van der Waals surface area contributed by atoms with E-state index in [1.54, 1.807) is 36.4 Å². The summed E-state index contributed by atoms with van der Waals surface area (Å²) in [4.78, 5) is 11.5. The van der Waals surface area contributed by atoms with Crippen molar-refractivity contribution in [3.05, 3.63) is 58.1 Å². The van der Waals surface area contributed by atoms with Crippen molar-refractivity contribution in [3.63, 3.8) is 0 Å². The summed E-state index contributed by atoms with van der Waals surface area (Å²) in [6.07, 6.45) is 0. The lowest BCUT2D eigenvalue weighted by atomic mass is 10.1. The minimum atomic E-state index is -0.0315. The number of ether oxygens (including phenoxy) is 2. The van der Waals surface area contributed by atoms with Gasteiger partial charge in [0.25, 0.3) is 0 Å².